The Morgan fingerprint density at radius 1 is 1.50 bits per heavy atom. The summed E-state index contributed by atoms with van der Waals surface area (Å²) >= 11 is 3.40. The molecule has 1 aliphatic heterocycles. The Kier molecular flexibility index (Phi) is 5.57. The standard InChI is InChI=1S/C15H21BrN2O2/c1-11(12-4-6-13(16)7-5-12)17-15(20)9-18-8-2-3-14(18)10-19/h4-7,11,14,19H,2-3,8-10H2,1H3,(H,17,20)/t11?,14-/m0/s1. The zero-order chi connectivity index (χ0) is 14.5. The lowest BCUT2D eigenvalue weighted by atomic mass is 10.1. The van der Waals surface area contributed by atoms with Crippen LogP contribution in [0.3, 0.4) is 0 Å². The molecular weight excluding hydrogens is 320 g/mol. The highest BCUT2D eigenvalue weighted by molar-refractivity contribution is 9.10. The molecule has 0 aliphatic carbocycles. The van der Waals surface area contributed by atoms with Crippen LogP contribution in [0.4, 0.5) is 0 Å². The Hall–Kier alpha value is -0.910. The molecule has 2 rings (SSSR count). The number of rotatable bonds is 5. The fourth-order valence-corrected chi connectivity index (χ4v) is 2.88. The highest BCUT2D eigenvalue weighted by Gasteiger charge is 2.25. The first kappa shape index (κ1) is 15.5. The number of carbonyl (C=O) groups excluding carboxylic acids is 1. The predicted molar refractivity (Wildman–Crippen MR) is 82.4 cm³/mol. The summed E-state index contributed by atoms with van der Waals surface area (Å²) in [6.45, 7) is 3.38. The quantitative estimate of drug-likeness (QED) is 0.862. The maximum Gasteiger partial charge on any atom is 0.234 e. The van der Waals surface area contributed by atoms with Crippen molar-refractivity contribution in [2.24, 2.45) is 0 Å². The van der Waals surface area contributed by atoms with Crippen molar-refractivity contribution in [1.82, 2.24) is 10.2 Å². The van der Waals surface area contributed by atoms with Crippen molar-refractivity contribution < 1.29 is 9.90 Å². The van der Waals surface area contributed by atoms with E-state index in [0.717, 1.165) is 29.4 Å². The van der Waals surface area contributed by atoms with Gasteiger partial charge in [-0.3, -0.25) is 9.69 Å². The molecule has 0 bridgehead atoms. The van der Waals surface area contributed by atoms with E-state index in [4.69, 9.17) is 0 Å². The van der Waals surface area contributed by atoms with Gasteiger partial charge in [0.25, 0.3) is 0 Å². The van der Waals surface area contributed by atoms with Crippen molar-refractivity contribution in [3.63, 3.8) is 0 Å². The van der Waals surface area contributed by atoms with Crippen molar-refractivity contribution in [1.29, 1.82) is 0 Å². The molecule has 1 unspecified atom stereocenters. The van der Waals surface area contributed by atoms with Crippen LogP contribution in [-0.2, 0) is 4.79 Å². The molecule has 0 spiro atoms. The molecule has 1 saturated heterocycles. The van der Waals surface area contributed by atoms with Gasteiger partial charge in [-0.05, 0) is 44.0 Å². The minimum Gasteiger partial charge on any atom is -0.395 e. The first-order valence-electron chi connectivity index (χ1n) is 7.00. The third-order valence-corrected chi connectivity index (χ3v) is 4.33. The zero-order valence-corrected chi connectivity index (χ0v) is 13.3. The summed E-state index contributed by atoms with van der Waals surface area (Å²) in [7, 11) is 0. The van der Waals surface area contributed by atoms with E-state index in [1.165, 1.54) is 0 Å². The summed E-state index contributed by atoms with van der Waals surface area (Å²) in [5, 5.41) is 12.3. The lowest BCUT2D eigenvalue weighted by molar-refractivity contribution is -0.123. The van der Waals surface area contributed by atoms with E-state index in [-0.39, 0.29) is 24.6 Å². The van der Waals surface area contributed by atoms with E-state index < -0.39 is 0 Å². The smallest absolute Gasteiger partial charge is 0.234 e. The van der Waals surface area contributed by atoms with Crippen LogP contribution in [0.1, 0.15) is 31.4 Å². The number of hydrogen-bond acceptors (Lipinski definition) is 3. The molecule has 0 aromatic heterocycles. The first-order chi connectivity index (χ1) is 9.60. The molecule has 0 saturated carbocycles. The average molecular weight is 341 g/mol. The molecule has 1 amide bonds. The number of benzene rings is 1. The molecule has 2 atom stereocenters. The summed E-state index contributed by atoms with van der Waals surface area (Å²) < 4.78 is 1.03. The number of carbonyl (C=O) groups is 1. The summed E-state index contributed by atoms with van der Waals surface area (Å²) in [5.74, 6) is 0.0146. The lowest BCUT2D eigenvalue weighted by Crippen LogP contribution is -2.41. The minimum atomic E-state index is -0.00854. The van der Waals surface area contributed by atoms with E-state index in [2.05, 4.69) is 26.1 Å². The largest absolute Gasteiger partial charge is 0.395 e. The fraction of sp³-hybridized carbons (Fsp3) is 0.533. The molecule has 1 aromatic carbocycles. The maximum absolute atomic E-state index is 12.1. The van der Waals surface area contributed by atoms with Gasteiger partial charge in [-0.25, -0.2) is 0 Å². The second-order valence-electron chi connectivity index (χ2n) is 5.29. The summed E-state index contributed by atoms with van der Waals surface area (Å²) in [6, 6.07) is 8.08. The van der Waals surface area contributed by atoms with Crippen LogP contribution >= 0.6 is 15.9 Å². The van der Waals surface area contributed by atoms with Gasteiger partial charge in [0.15, 0.2) is 0 Å². The van der Waals surface area contributed by atoms with E-state index in [9.17, 15) is 9.90 Å². The first-order valence-corrected chi connectivity index (χ1v) is 7.79. The highest BCUT2D eigenvalue weighted by atomic mass is 79.9. The van der Waals surface area contributed by atoms with Crippen molar-refractivity contribution >= 4 is 21.8 Å². The Labute approximate surface area is 128 Å². The van der Waals surface area contributed by atoms with E-state index in [0.29, 0.717) is 6.54 Å². The number of amides is 1. The molecule has 5 heteroatoms. The monoisotopic (exact) mass is 340 g/mol. The predicted octanol–water partition coefficient (Wildman–Crippen LogP) is 2.08. The average Bonchev–Trinajstić information content (AvgIpc) is 2.86. The van der Waals surface area contributed by atoms with E-state index in [1.807, 2.05) is 31.2 Å². The number of hydrogen-bond donors (Lipinski definition) is 2. The third-order valence-electron chi connectivity index (χ3n) is 3.80. The lowest BCUT2D eigenvalue weighted by Gasteiger charge is -2.23. The van der Waals surface area contributed by atoms with Crippen LogP contribution in [-0.4, -0.2) is 41.7 Å². The van der Waals surface area contributed by atoms with Crippen molar-refractivity contribution in [3.8, 4) is 0 Å². The maximum atomic E-state index is 12.1. The Balaban J connectivity index is 1.86. The van der Waals surface area contributed by atoms with Gasteiger partial charge in [-0.2, -0.15) is 0 Å². The molecule has 20 heavy (non-hydrogen) atoms. The van der Waals surface area contributed by atoms with Crippen molar-refractivity contribution in [2.45, 2.75) is 31.8 Å². The molecular formula is C15H21BrN2O2. The van der Waals surface area contributed by atoms with Crippen LogP contribution < -0.4 is 5.32 Å². The molecule has 4 nitrogen and oxygen atoms in total. The summed E-state index contributed by atoms with van der Waals surface area (Å²) in [5.41, 5.74) is 1.08. The second-order valence-corrected chi connectivity index (χ2v) is 6.21. The Morgan fingerprint density at radius 3 is 2.85 bits per heavy atom. The van der Waals surface area contributed by atoms with Crippen LogP contribution in [0.2, 0.25) is 0 Å². The Bertz CT molecular complexity index is 450. The number of nitrogens with zero attached hydrogens (tertiary/aromatic N) is 1. The molecule has 1 aromatic rings. The number of nitrogens with one attached hydrogen (secondary N) is 1. The number of aliphatic hydroxyl groups excluding tert-OH is 1. The zero-order valence-electron chi connectivity index (χ0n) is 11.7. The van der Waals surface area contributed by atoms with Crippen LogP contribution in [0.25, 0.3) is 0 Å². The van der Waals surface area contributed by atoms with Gasteiger partial charge in [-0.1, -0.05) is 28.1 Å². The summed E-state index contributed by atoms with van der Waals surface area (Å²) in [6.07, 6.45) is 2.03. The molecule has 110 valence electrons. The second kappa shape index (κ2) is 7.20. The van der Waals surface area contributed by atoms with Crippen LogP contribution in [0, 0.1) is 0 Å². The fourth-order valence-electron chi connectivity index (χ4n) is 2.62. The van der Waals surface area contributed by atoms with Gasteiger partial charge in [0, 0.05) is 10.5 Å². The summed E-state index contributed by atoms with van der Waals surface area (Å²) in [4.78, 5) is 14.1. The molecule has 1 heterocycles. The van der Waals surface area contributed by atoms with Gasteiger partial charge in [0.1, 0.15) is 0 Å². The molecule has 1 fully saturated rings. The molecule has 2 N–H and O–H groups in total. The van der Waals surface area contributed by atoms with Crippen LogP contribution in [0.5, 0.6) is 0 Å². The van der Waals surface area contributed by atoms with Gasteiger partial charge < -0.3 is 10.4 Å². The molecule has 0 radical (unpaired) electrons. The van der Waals surface area contributed by atoms with Gasteiger partial charge in [-0.15, -0.1) is 0 Å². The number of aliphatic hydroxyl groups is 1. The van der Waals surface area contributed by atoms with Gasteiger partial charge in [0.2, 0.25) is 5.91 Å². The normalized spacial score (nSPS) is 20.9. The van der Waals surface area contributed by atoms with Crippen molar-refractivity contribution in [2.75, 3.05) is 19.7 Å². The number of halogens is 1. The van der Waals surface area contributed by atoms with E-state index >= 15 is 0 Å². The van der Waals surface area contributed by atoms with Crippen molar-refractivity contribution in [3.05, 3.63) is 34.3 Å². The molecule has 1 aliphatic rings. The van der Waals surface area contributed by atoms with Gasteiger partial charge in [0.05, 0.1) is 19.2 Å². The Morgan fingerprint density at radius 2 is 2.20 bits per heavy atom. The van der Waals surface area contributed by atoms with Gasteiger partial charge >= 0.3 is 0 Å². The number of likely N-dealkylation sites (tertiary alicyclic amines) is 1. The minimum absolute atomic E-state index is 0.00854. The van der Waals surface area contributed by atoms with Crippen LogP contribution in [0.15, 0.2) is 28.7 Å². The highest BCUT2D eigenvalue weighted by Crippen LogP contribution is 2.18. The topological polar surface area (TPSA) is 52.6 Å². The third kappa shape index (κ3) is 4.04. The van der Waals surface area contributed by atoms with E-state index in [1.54, 1.807) is 0 Å². The SMILES string of the molecule is CC(NC(=O)CN1CCC[C@H]1CO)c1ccc(Br)cc1.